The van der Waals surface area contributed by atoms with Crippen molar-refractivity contribution in [2.45, 2.75) is 19.6 Å². The van der Waals surface area contributed by atoms with Crippen molar-refractivity contribution >= 4 is 46.1 Å². The van der Waals surface area contributed by atoms with Gasteiger partial charge in [0.1, 0.15) is 11.2 Å². The Morgan fingerprint density at radius 3 is 2.30 bits per heavy atom. The van der Waals surface area contributed by atoms with Crippen molar-refractivity contribution in [3.05, 3.63) is 91.3 Å². The highest BCUT2D eigenvalue weighted by Gasteiger charge is 2.19. The Bertz CT molecular complexity index is 1650. The van der Waals surface area contributed by atoms with Gasteiger partial charge in [-0.15, -0.1) is 0 Å². The number of nitrogens with zero attached hydrogens (tertiary/aromatic N) is 2. The quantitative estimate of drug-likeness (QED) is 0.267. The first kappa shape index (κ1) is 19.9. The van der Waals surface area contributed by atoms with Crippen molar-refractivity contribution < 1.29 is 4.42 Å². The van der Waals surface area contributed by atoms with E-state index in [1.165, 1.54) is 16.1 Å². The highest BCUT2D eigenvalue weighted by atomic mass is 28.3. The number of hydrogen-bond donors (Lipinski definition) is 0. The molecule has 0 radical (unpaired) electrons. The largest absolute Gasteiger partial charge is 0.455 e. The van der Waals surface area contributed by atoms with Crippen molar-refractivity contribution in [2.75, 3.05) is 0 Å². The summed E-state index contributed by atoms with van der Waals surface area (Å²) in [6.45, 7) is 7.14. The van der Waals surface area contributed by atoms with E-state index >= 15 is 0 Å². The molecule has 3 aromatic heterocycles. The molecule has 6 aromatic rings. The van der Waals surface area contributed by atoms with Crippen LogP contribution in [0, 0.1) is 0 Å². The van der Waals surface area contributed by atoms with Crippen LogP contribution in [0.25, 0.3) is 55.2 Å². The zero-order valence-corrected chi connectivity index (χ0v) is 20.0. The molecular formula is C29H24N2OSi. The molecule has 0 bridgehead atoms. The Kier molecular flexibility index (Phi) is 4.45. The molecule has 6 rings (SSSR count). The topological polar surface area (TPSA) is 38.9 Å². The molecule has 0 atom stereocenters. The van der Waals surface area contributed by atoms with Gasteiger partial charge in [0.05, 0.1) is 19.3 Å². The second-order valence-corrected chi connectivity index (χ2v) is 14.6. The predicted molar refractivity (Wildman–Crippen MR) is 141 cm³/mol. The van der Waals surface area contributed by atoms with Gasteiger partial charge in [-0.3, -0.25) is 4.98 Å². The third kappa shape index (κ3) is 3.34. The number of hydrogen-bond acceptors (Lipinski definition) is 3. The third-order valence-electron chi connectivity index (χ3n) is 6.35. The minimum absolute atomic E-state index is 0.880. The molecule has 0 aliphatic heterocycles. The Hall–Kier alpha value is -3.76. The van der Waals surface area contributed by atoms with Crippen molar-refractivity contribution in [3.63, 3.8) is 0 Å². The molecule has 3 heterocycles. The number of pyridine rings is 2. The fraction of sp³-hybridized carbons (Fsp3) is 0.103. The highest BCUT2D eigenvalue weighted by molar-refractivity contribution is 6.88. The number of furan rings is 1. The molecule has 0 amide bonds. The van der Waals surface area contributed by atoms with Gasteiger partial charge < -0.3 is 4.42 Å². The minimum Gasteiger partial charge on any atom is -0.455 e. The van der Waals surface area contributed by atoms with E-state index in [0.29, 0.717) is 0 Å². The van der Waals surface area contributed by atoms with Gasteiger partial charge in [0.2, 0.25) is 0 Å². The molecule has 0 spiro atoms. The monoisotopic (exact) mass is 444 g/mol. The molecule has 160 valence electrons. The fourth-order valence-electron chi connectivity index (χ4n) is 4.55. The lowest BCUT2D eigenvalue weighted by molar-refractivity contribution is 0.670. The third-order valence-corrected chi connectivity index (χ3v) is 8.39. The van der Waals surface area contributed by atoms with E-state index in [1.807, 2.05) is 24.5 Å². The second-order valence-electron chi connectivity index (χ2n) is 9.55. The first-order chi connectivity index (χ1) is 16.0. The second kappa shape index (κ2) is 7.39. The maximum atomic E-state index is 6.31. The lowest BCUT2D eigenvalue weighted by Gasteiger charge is -2.18. The predicted octanol–water partition coefficient (Wildman–Crippen LogP) is 7.41. The normalized spacial score (nSPS) is 12.1. The van der Waals surface area contributed by atoms with Gasteiger partial charge in [-0.25, -0.2) is 4.98 Å². The Morgan fingerprint density at radius 1 is 0.697 bits per heavy atom. The average molecular weight is 445 g/mol. The molecular weight excluding hydrogens is 420 g/mol. The highest BCUT2D eigenvalue weighted by Crippen LogP contribution is 2.38. The molecule has 3 aromatic carbocycles. The van der Waals surface area contributed by atoms with Crippen LogP contribution in [-0.4, -0.2) is 18.0 Å². The Morgan fingerprint density at radius 2 is 1.48 bits per heavy atom. The van der Waals surface area contributed by atoms with Gasteiger partial charge in [-0.2, -0.15) is 0 Å². The van der Waals surface area contributed by atoms with E-state index in [9.17, 15) is 0 Å². The van der Waals surface area contributed by atoms with E-state index < -0.39 is 8.07 Å². The molecule has 0 saturated heterocycles. The van der Waals surface area contributed by atoms with E-state index in [4.69, 9.17) is 9.40 Å². The summed E-state index contributed by atoms with van der Waals surface area (Å²) in [6.07, 6.45) is 3.70. The van der Waals surface area contributed by atoms with Crippen LogP contribution >= 0.6 is 0 Å². The molecule has 3 nitrogen and oxygen atoms in total. The number of para-hydroxylation sites is 2. The molecule has 33 heavy (non-hydrogen) atoms. The average Bonchev–Trinajstić information content (AvgIpc) is 3.22. The molecule has 0 fully saturated rings. The first-order valence-electron chi connectivity index (χ1n) is 11.3. The lowest BCUT2D eigenvalue weighted by Crippen LogP contribution is -2.37. The van der Waals surface area contributed by atoms with Gasteiger partial charge in [0.15, 0.2) is 0 Å². The van der Waals surface area contributed by atoms with Crippen molar-refractivity contribution in [1.29, 1.82) is 0 Å². The van der Waals surface area contributed by atoms with Crippen LogP contribution in [0.2, 0.25) is 19.6 Å². The summed E-state index contributed by atoms with van der Waals surface area (Å²) in [5.41, 5.74) is 7.01. The summed E-state index contributed by atoms with van der Waals surface area (Å²) in [6, 6.07) is 27.6. The number of rotatable bonds is 3. The van der Waals surface area contributed by atoms with E-state index in [1.54, 1.807) is 0 Å². The van der Waals surface area contributed by atoms with Crippen LogP contribution < -0.4 is 5.19 Å². The van der Waals surface area contributed by atoms with Crippen LogP contribution in [0.1, 0.15) is 0 Å². The molecule has 0 N–H and O–H groups in total. The SMILES string of the molecule is C[Si](C)(C)c1ccc2nc(-c3cccc4c3oc3ccccc34)cc(-c3ccncc3)c2c1. The minimum atomic E-state index is -1.46. The van der Waals surface area contributed by atoms with Crippen molar-refractivity contribution in [3.8, 4) is 22.4 Å². The number of aromatic nitrogens is 2. The molecule has 4 heteroatoms. The summed E-state index contributed by atoms with van der Waals surface area (Å²) in [5.74, 6) is 0. The van der Waals surface area contributed by atoms with Crippen LogP contribution in [-0.2, 0) is 0 Å². The van der Waals surface area contributed by atoms with Crippen molar-refractivity contribution in [1.82, 2.24) is 9.97 Å². The maximum Gasteiger partial charge on any atom is 0.144 e. The van der Waals surface area contributed by atoms with Gasteiger partial charge >= 0.3 is 0 Å². The van der Waals surface area contributed by atoms with Gasteiger partial charge in [-0.1, -0.05) is 67.3 Å². The van der Waals surface area contributed by atoms with Gasteiger partial charge in [0.25, 0.3) is 0 Å². The van der Waals surface area contributed by atoms with E-state index in [2.05, 4.69) is 91.4 Å². The smallest absolute Gasteiger partial charge is 0.144 e. The van der Waals surface area contributed by atoms with E-state index in [0.717, 1.165) is 44.3 Å². The standard InChI is InChI=1S/C29H24N2OSi/c1-33(2,3)20-11-12-26-25(17-20)24(19-13-15-30-16-14-19)18-27(31-26)23-9-6-8-22-21-7-4-5-10-28(21)32-29(22)23/h4-18H,1-3H3. The summed E-state index contributed by atoms with van der Waals surface area (Å²) in [7, 11) is -1.46. The van der Waals surface area contributed by atoms with Crippen LogP contribution in [0.4, 0.5) is 0 Å². The van der Waals surface area contributed by atoms with Crippen molar-refractivity contribution in [2.24, 2.45) is 0 Å². The number of benzene rings is 3. The fourth-order valence-corrected chi connectivity index (χ4v) is 5.71. The van der Waals surface area contributed by atoms with Gasteiger partial charge in [-0.05, 0) is 47.5 Å². The summed E-state index contributed by atoms with van der Waals surface area (Å²) in [5, 5.41) is 4.86. The number of fused-ring (bicyclic) bond motifs is 4. The zero-order chi connectivity index (χ0) is 22.6. The maximum absolute atomic E-state index is 6.31. The van der Waals surface area contributed by atoms with Crippen LogP contribution in [0.15, 0.2) is 95.7 Å². The summed E-state index contributed by atoms with van der Waals surface area (Å²) < 4.78 is 6.31. The molecule has 0 saturated carbocycles. The molecule has 0 aliphatic rings. The van der Waals surface area contributed by atoms with Crippen LogP contribution in [0.3, 0.4) is 0 Å². The van der Waals surface area contributed by atoms with E-state index in [-0.39, 0.29) is 0 Å². The zero-order valence-electron chi connectivity index (χ0n) is 19.0. The Balaban J connectivity index is 1.67. The first-order valence-corrected chi connectivity index (χ1v) is 14.8. The lowest BCUT2D eigenvalue weighted by atomic mass is 9.98. The van der Waals surface area contributed by atoms with Crippen LogP contribution in [0.5, 0.6) is 0 Å². The molecule has 0 aliphatic carbocycles. The summed E-state index contributed by atoms with van der Waals surface area (Å²) >= 11 is 0. The Labute approximate surface area is 193 Å². The summed E-state index contributed by atoms with van der Waals surface area (Å²) in [4.78, 5) is 9.34. The molecule has 0 unspecified atom stereocenters. The van der Waals surface area contributed by atoms with Gasteiger partial charge in [0, 0.05) is 34.1 Å².